The standard InChI is InChI=1S/C22H20Cl2N4O3/c23-15-5-8-19(26-11-15)27-22(30)14-3-2-10-28(12-14)20(29)13-31-18-7-6-17(24)16-4-1-9-25-21(16)18/h1,4-9,11,14H,2-3,10,12-13H2,(H,26,27,30). The highest BCUT2D eigenvalue weighted by Crippen LogP contribution is 2.29. The lowest BCUT2D eigenvalue weighted by Crippen LogP contribution is -2.45. The van der Waals surface area contributed by atoms with E-state index in [1.807, 2.05) is 6.07 Å². The summed E-state index contributed by atoms with van der Waals surface area (Å²) in [4.78, 5) is 35.4. The monoisotopic (exact) mass is 458 g/mol. The highest BCUT2D eigenvalue weighted by atomic mass is 35.5. The minimum absolute atomic E-state index is 0.139. The first-order valence-electron chi connectivity index (χ1n) is 9.87. The number of halogens is 2. The van der Waals surface area contributed by atoms with E-state index in [0.29, 0.717) is 46.6 Å². The molecule has 4 rings (SSSR count). The van der Waals surface area contributed by atoms with Gasteiger partial charge in [0.05, 0.1) is 16.0 Å². The van der Waals surface area contributed by atoms with Crippen molar-refractivity contribution >= 4 is 51.7 Å². The molecule has 2 aromatic heterocycles. The van der Waals surface area contributed by atoms with E-state index in [9.17, 15) is 9.59 Å². The number of rotatable bonds is 5. The summed E-state index contributed by atoms with van der Waals surface area (Å²) in [6.45, 7) is 0.784. The molecule has 3 aromatic rings. The Morgan fingerprint density at radius 1 is 1.16 bits per heavy atom. The van der Waals surface area contributed by atoms with E-state index in [1.54, 1.807) is 41.4 Å². The zero-order valence-corrected chi connectivity index (χ0v) is 18.1. The number of nitrogens with one attached hydrogen (secondary N) is 1. The first-order chi connectivity index (χ1) is 15.0. The number of fused-ring (bicyclic) bond motifs is 1. The summed E-state index contributed by atoms with van der Waals surface area (Å²) in [6, 6.07) is 10.4. The molecule has 1 fully saturated rings. The van der Waals surface area contributed by atoms with Crippen LogP contribution in [0.1, 0.15) is 12.8 Å². The van der Waals surface area contributed by atoms with E-state index < -0.39 is 0 Å². The van der Waals surface area contributed by atoms with E-state index in [-0.39, 0.29) is 24.3 Å². The molecule has 1 aliphatic heterocycles. The third-order valence-electron chi connectivity index (χ3n) is 5.15. The van der Waals surface area contributed by atoms with Gasteiger partial charge in [-0.15, -0.1) is 0 Å². The van der Waals surface area contributed by atoms with Crippen LogP contribution in [-0.4, -0.2) is 46.4 Å². The van der Waals surface area contributed by atoms with Gasteiger partial charge in [-0.3, -0.25) is 14.6 Å². The Balaban J connectivity index is 1.36. The number of nitrogens with zero attached hydrogens (tertiary/aromatic N) is 3. The molecule has 1 aromatic carbocycles. The van der Waals surface area contributed by atoms with Crippen molar-refractivity contribution in [2.24, 2.45) is 5.92 Å². The molecule has 2 amide bonds. The Morgan fingerprint density at radius 2 is 2.03 bits per heavy atom. The van der Waals surface area contributed by atoms with Gasteiger partial charge in [0.2, 0.25) is 5.91 Å². The molecule has 1 saturated heterocycles. The van der Waals surface area contributed by atoms with Gasteiger partial charge in [-0.1, -0.05) is 23.2 Å². The zero-order chi connectivity index (χ0) is 21.8. The van der Waals surface area contributed by atoms with Crippen molar-refractivity contribution < 1.29 is 14.3 Å². The second kappa shape index (κ2) is 9.49. The highest BCUT2D eigenvalue weighted by molar-refractivity contribution is 6.35. The van der Waals surface area contributed by atoms with Crippen LogP contribution in [0.4, 0.5) is 5.82 Å². The number of anilines is 1. The van der Waals surface area contributed by atoms with Gasteiger partial charge in [0, 0.05) is 30.9 Å². The Hall–Kier alpha value is -2.90. The summed E-state index contributed by atoms with van der Waals surface area (Å²) < 4.78 is 5.76. The Morgan fingerprint density at radius 3 is 2.84 bits per heavy atom. The van der Waals surface area contributed by atoms with E-state index in [2.05, 4.69) is 15.3 Å². The van der Waals surface area contributed by atoms with Crippen LogP contribution < -0.4 is 10.1 Å². The van der Waals surface area contributed by atoms with Gasteiger partial charge in [-0.05, 0) is 49.2 Å². The molecule has 1 N–H and O–H groups in total. The van der Waals surface area contributed by atoms with Crippen molar-refractivity contribution in [3.63, 3.8) is 0 Å². The van der Waals surface area contributed by atoms with Crippen molar-refractivity contribution in [2.75, 3.05) is 25.0 Å². The second-order valence-electron chi connectivity index (χ2n) is 7.26. The summed E-state index contributed by atoms with van der Waals surface area (Å²) >= 11 is 12.0. The molecule has 0 aliphatic carbocycles. The molecular formula is C22H20Cl2N4O3. The summed E-state index contributed by atoms with van der Waals surface area (Å²) in [7, 11) is 0. The summed E-state index contributed by atoms with van der Waals surface area (Å²) in [5.41, 5.74) is 0.606. The van der Waals surface area contributed by atoms with E-state index >= 15 is 0 Å². The molecule has 0 saturated carbocycles. The van der Waals surface area contributed by atoms with Crippen LogP contribution >= 0.6 is 23.2 Å². The molecule has 9 heteroatoms. The number of amides is 2. The van der Waals surface area contributed by atoms with Gasteiger partial charge in [0.15, 0.2) is 6.61 Å². The first-order valence-corrected chi connectivity index (χ1v) is 10.6. The molecule has 0 bridgehead atoms. The summed E-state index contributed by atoms with van der Waals surface area (Å²) in [5.74, 6) is 0.271. The number of ether oxygens (including phenoxy) is 1. The first kappa shape index (κ1) is 21.3. The van der Waals surface area contributed by atoms with Crippen LogP contribution in [-0.2, 0) is 9.59 Å². The lowest BCUT2D eigenvalue weighted by atomic mass is 9.97. The van der Waals surface area contributed by atoms with Crippen molar-refractivity contribution in [1.29, 1.82) is 0 Å². The van der Waals surface area contributed by atoms with E-state index in [1.165, 1.54) is 6.20 Å². The van der Waals surface area contributed by atoms with Crippen LogP contribution in [0.25, 0.3) is 10.9 Å². The number of aromatic nitrogens is 2. The molecule has 3 heterocycles. The average Bonchev–Trinajstić information content (AvgIpc) is 2.80. The summed E-state index contributed by atoms with van der Waals surface area (Å²) in [5, 5.41) is 4.61. The van der Waals surface area contributed by atoms with Crippen molar-refractivity contribution in [1.82, 2.24) is 14.9 Å². The largest absolute Gasteiger partial charge is 0.481 e. The molecule has 7 nitrogen and oxygen atoms in total. The maximum atomic E-state index is 12.7. The van der Waals surface area contributed by atoms with Crippen LogP contribution in [0.3, 0.4) is 0 Å². The van der Waals surface area contributed by atoms with E-state index in [4.69, 9.17) is 27.9 Å². The zero-order valence-electron chi connectivity index (χ0n) is 16.6. The Bertz CT molecular complexity index is 1110. The van der Waals surface area contributed by atoms with Crippen LogP contribution in [0, 0.1) is 5.92 Å². The molecule has 31 heavy (non-hydrogen) atoms. The third-order valence-corrected chi connectivity index (χ3v) is 5.71. The SMILES string of the molecule is O=C(Nc1ccc(Cl)cn1)C1CCCN(C(=O)COc2ccc(Cl)c3cccnc23)C1. The molecular weight excluding hydrogens is 439 g/mol. The van der Waals surface area contributed by atoms with Gasteiger partial charge in [-0.2, -0.15) is 0 Å². The molecule has 1 unspecified atom stereocenters. The minimum Gasteiger partial charge on any atom is -0.481 e. The minimum atomic E-state index is -0.312. The molecule has 1 atom stereocenters. The number of hydrogen-bond acceptors (Lipinski definition) is 5. The van der Waals surface area contributed by atoms with E-state index in [0.717, 1.165) is 11.8 Å². The number of carbonyl (C=O) groups is 2. The fraction of sp³-hybridized carbons (Fsp3) is 0.273. The number of carbonyl (C=O) groups excluding carboxylic acids is 2. The van der Waals surface area contributed by atoms with Crippen LogP contribution in [0.15, 0.2) is 48.8 Å². The highest BCUT2D eigenvalue weighted by Gasteiger charge is 2.29. The lowest BCUT2D eigenvalue weighted by molar-refractivity contribution is -0.136. The number of hydrogen-bond donors (Lipinski definition) is 1. The van der Waals surface area contributed by atoms with Gasteiger partial charge in [0.25, 0.3) is 5.91 Å². The molecule has 1 aliphatic rings. The number of piperidine rings is 1. The number of pyridine rings is 2. The number of benzene rings is 1. The summed E-state index contributed by atoms with van der Waals surface area (Å²) in [6.07, 6.45) is 4.57. The topological polar surface area (TPSA) is 84.4 Å². The fourth-order valence-electron chi connectivity index (χ4n) is 3.55. The van der Waals surface area contributed by atoms with Gasteiger partial charge in [0.1, 0.15) is 17.1 Å². The van der Waals surface area contributed by atoms with Crippen LogP contribution in [0.2, 0.25) is 10.0 Å². The quantitative estimate of drug-likeness (QED) is 0.619. The molecule has 0 spiro atoms. The van der Waals surface area contributed by atoms with Crippen LogP contribution in [0.5, 0.6) is 5.75 Å². The Kier molecular flexibility index (Phi) is 6.53. The second-order valence-corrected chi connectivity index (χ2v) is 8.11. The third kappa shape index (κ3) is 5.06. The predicted octanol–water partition coefficient (Wildman–Crippen LogP) is 4.19. The number of likely N-dealkylation sites (tertiary alicyclic amines) is 1. The maximum Gasteiger partial charge on any atom is 0.260 e. The smallest absolute Gasteiger partial charge is 0.260 e. The van der Waals surface area contributed by atoms with Gasteiger partial charge < -0.3 is 15.0 Å². The van der Waals surface area contributed by atoms with Crippen molar-refractivity contribution in [2.45, 2.75) is 12.8 Å². The van der Waals surface area contributed by atoms with Gasteiger partial charge in [-0.25, -0.2) is 4.98 Å². The normalized spacial score (nSPS) is 16.2. The molecule has 160 valence electrons. The molecule has 0 radical (unpaired) electrons. The van der Waals surface area contributed by atoms with Crippen molar-refractivity contribution in [3.05, 3.63) is 58.8 Å². The average molecular weight is 459 g/mol. The Labute approximate surface area is 189 Å². The van der Waals surface area contributed by atoms with Gasteiger partial charge >= 0.3 is 0 Å². The lowest BCUT2D eigenvalue weighted by Gasteiger charge is -2.32. The van der Waals surface area contributed by atoms with Crippen molar-refractivity contribution in [3.8, 4) is 5.75 Å². The predicted molar refractivity (Wildman–Crippen MR) is 119 cm³/mol. The maximum absolute atomic E-state index is 12.7. The fourth-order valence-corrected chi connectivity index (χ4v) is 3.88.